The molecule has 4 rings (SSSR count). The van der Waals surface area contributed by atoms with Crippen molar-refractivity contribution in [3.05, 3.63) is 53.0 Å². The Morgan fingerprint density at radius 1 is 1.31 bits per heavy atom. The summed E-state index contributed by atoms with van der Waals surface area (Å²) < 4.78 is 44.5. The molecule has 2 aliphatic rings. The number of aromatic nitrogens is 2. The molecular formula is C21H26F2N6O2S. The van der Waals surface area contributed by atoms with Gasteiger partial charge in [0.25, 0.3) is 5.91 Å². The first-order chi connectivity index (χ1) is 14.9. The van der Waals surface area contributed by atoms with Crippen molar-refractivity contribution in [2.75, 3.05) is 11.9 Å². The van der Waals surface area contributed by atoms with E-state index < -0.39 is 43.2 Å². The predicted octanol–water partition coefficient (Wildman–Crippen LogP) is 1.97. The quantitative estimate of drug-likeness (QED) is 0.518. The van der Waals surface area contributed by atoms with Crippen molar-refractivity contribution in [1.82, 2.24) is 14.7 Å². The van der Waals surface area contributed by atoms with Crippen molar-refractivity contribution in [1.29, 1.82) is 0 Å². The van der Waals surface area contributed by atoms with Crippen LogP contribution in [0.3, 0.4) is 0 Å². The first-order valence-electron chi connectivity index (χ1n) is 10.2. The third-order valence-electron chi connectivity index (χ3n) is 6.49. The van der Waals surface area contributed by atoms with Gasteiger partial charge < -0.3 is 11.1 Å². The Morgan fingerprint density at radius 3 is 2.72 bits per heavy atom. The summed E-state index contributed by atoms with van der Waals surface area (Å²) in [6, 6.07) is 3.68. The summed E-state index contributed by atoms with van der Waals surface area (Å²) in [6.07, 6.45) is 1.46. The summed E-state index contributed by atoms with van der Waals surface area (Å²) in [5, 5.41) is 2.06. The molecule has 0 saturated carbocycles. The number of hydrogen-bond donors (Lipinski definition) is 4. The minimum Gasteiger partial charge on any atom is -0.386 e. The van der Waals surface area contributed by atoms with Gasteiger partial charge in [-0.1, -0.05) is 0 Å². The Kier molecular flexibility index (Phi) is 5.17. The SMILES string of the molecule is Cc1cc(F)cnc1C(=O)Nc1ccc(F)c([C@@]2(C)N=C(N)C(C)(C)[SH]3(=O)NCC[C@@H]23)n1. The molecule has 11 heteroatoms. The fourth-order valence-electron chi connectivity index (χ4n) is 4.54. The number of hydrogen-bond acceptors (Lipinski definition) is 6. The highest BCUT2D eigenvalue weighted by Gasteiger charge is 2.59. The van der Waals surface area contributed by atoms with Crippen LogP contribution < -0.4 is 15.8 Å². The van der Waals surface area contributed by atoms with E-state index in [1.54, 1.807) is 27.7 Å². The third-order valence-corrected chi connectivity index (χ3v) is 10.7. The highest BCUT2D eigenvalue weighted by Crippen LogP contribution is 2.48. The van der Waals surface area contributed by atoms with Crippen LogP contribution >= 0.6 is 0 Å². The molecule has 0 bridgehead atoms. The van der Waals surface area contributed by atoms with E-state index in [0.717, 1.165) is 6.20 Å². The number of carbonyl (C=O) groups is 1. The van der Waals surface area contributed by atoms with Crippen LogP contribution in [0.1, 0.15) is 48.9 Å². The highest BCUT2D eigenvalue weighted by atomic mass is 32.3. The number of aliphatic imine (C=N–C) groups is 1. The largest absolute Gasteiger partial charge is 0.386 e. The Labute approximate surface area is 185 Å². The van der Waals surface area contributed by atoms with Crippen LogP contribution in [-0.2, 0) is 15.7 Å². The van der Waals surface area contributed by atoms with Crippen LogP contribution in [0.4, 0.5) is 14.6 Å². The molecule has 1 amide bonds. The number of halogens is 2. The number of pyridine rings is 2. The summed E-state index contributed by atoms with van der Waals surface area (Å²) in [6.45, 7) is 7.27. The van der Waals surface area contributed by atoms with E-state index in [0.29, 0.717) is 18.5 Å². The van der Waals surface area contributed by atoms with E-state index in [9.17, 15) is 13.4 Å². The van der Waals surface area contributed by atoms with Crippen LogP contribution in [0.2, 0.25) is 0 Å². The number of nitrogens with two attached hydrogens (primary N) is 1. The molecule has 172 valence electrons. The van der Waals surface area contributed by atoms with Gasteiger partial charge in [-0.2, -0.15) is 0 Å². The van der Waals surface area contributed by atoms with Gasteiger partial charge in [0.05, 0.1) is 16.2 Å². The Bertz CT molecular complexity index is 1200. The van der Waals surface area contributed by atoms with Crippen molar-refractivity contribution in [2.24, 2.45) is 10.7 Å². The van der Waals surface area contributed by atoms with Gasteiger partial charge in [-0.25, -0.2) is 18.7 Å². The second kappa shape index (κ2) is 7.38. The summed E-state index contributed by atoms with van der Waals surface area (Å²) in [7, 11) is -3.09. The van der Waals surface area contributed by atoms with E-state index in [1.807, 2.05) is 0 Å². The minimum atomic E-state index is -3.09. The molecule has 0 aliphatic carbocycles. The molecule has 1 saturated heterocycles. The number of nitrogens with one attached hydrogen (secondary N) is 2. The first-order valence-corrected chi connectivity index (χ1v) is 12.0. The Balaban J connectivity index is 1.75. The maximum absolute atomic E-state index is 15.0. The number of rotatable bonds is 3. The van der Waals surface area contributed by atoms with Crippen molar-refractivity contribution in [3.8, 4) is 0 Å². The number of nitrogens with zero attached hydrogens (tertiary/aromatic N) is 3. The summed E-state index contributed by atoms with van der Waals surface area (Å²) >= 11 is 0. The molecule has 2 atom stereocenters. The molecular weight excluding hydrogens is 438 g/mol. The van der Waals surface area contributed by atoms with Crippen LogP contribution in [0, 0.1) is 18.6 Å². The summed E-state index contributed by atoms with van der Waals surface area (Å²) in [5.41, 5.74) is 5.26. The van der Waals surface area contributed by atoms with Crippen LogP contribution in [-0.4, -0.2) is 42.5 Å². The maximum atomic E-state index is 15.0. The number of anilines is 1. The van der Waals surface area contributed by atoms with E-state index >= 15 is 4.39 Å². The van der Waals surface area contributed by atoms with Gasteiger partial charge in [0.15, 0.2) is 0 Å². The lowest BCUT2D eigenvalue weighted by atomic mass is 9.90. The molecule has 8 nitrogen and oxygen atoms in total. The fourth-order valence-corrected chi connectivity index (χ4v) is 8.17. The van der Waals surface area contributed by atoms with Crippen LogP contribution in [0.5, 0.6) is 0 Å². The van der Waals surface area contributed by atoms with Gasteiger partial charge in [-0.3, -0.25) is 18.7 Å². The molecule has 32 heavy (non-hydrogen) atoms. The highest BCUT2D eigenvalue weighted by molar-refractivity contribution is 8.04. The second-order valence-electron chi connectivity index (χ2n) is 8.87. The lowest BCUT2D eigenvalue weighted by Gasteiger charge is -2.50. The average molecular weight is 465 g/mol. The molecule has 2 aromatic heterocycles. The van der Waals surface area contributed by atoms with Gasteiger partial charge in [0.2, 0.25) is 0 Å². The van der Waals surface area contributed by atoms with Gasteiger partial charge in [-0.15, -0.1) is 0 Å². The number of thiol groups is 1. The first kappa shape index (κ1) is 22.4. The molecule has 4 N–H and O–H groups in total. The molecule has 2 aromatic rings. The zero-order valence-electron chi connectivity index (χ0n) is 18.2. The number of amides is 1. The fraction of sp³-hybridized carbons (Fsp3) is 0.429. The average Bonchev–Trinajstić information content (AvgIpc) is 3.13. The monoisotopic (exact) mass is 464 g/mol. The van der Waals surface area contributed by atoms with Gasteiger partial charge in [0.1, 0.15) is 40.2 Å². The smallest absolute Gasteiger partial charge is 0.275 e. The minimum absolute atomic E-state index is 0.0245. The van der Waals surface area contributed by atoms with E-state index in [1.165, 1.54) is 18.2 Å². The molecule has 0 aromatic carbocycles. The maximum Gasteiger partial charge on any atom is 0.275 e. The van der Waals surface area contributed by atoms with Gasteiger partial charge in [-0.05, 0) is 68.0 Å². The lowest BCUT2D eigenvalue weighted by molar-refractivity contribution is 0.102. The van der Waals surface area contributed by atoms with Crippen molar-refractivity contribution < 1.29 is 17.8 Å². The van der Waals surface area contributed by atoms with Gasteiger partial charge >= 0.3 is 0 Å². The predicted molar refractivity (Wildman–Crippen MR) is 120 cm³/mol. The van der Waals surface area contributed by atoms with E-state index in [-0.39, 0.29) is 23.0 Å². The molecule has 0 radical (unpaired) electrons. The van der Waals surface area contributed by atoms with Crippen LogP contribution in [0.25, 0.3) is 0 Å². The lowest BCUT2D eigenvalue weighted by Crippen LogP contribution is -2.64. The van der Waals surface area contributed by atoms with Crippen LogP contribution in [0.15, 0.2) is 29.4 Å². The molecule has 2 aliphatic heterocycles. The normalized spacial score (nSPS) is 26.7. The third kappa shape index (κ3) is 3.22. The standard InChI is InChI=1S/C21H26F2N6O2S/c1-11-9-12(22)10-25-16(11)18(30)28-15-6-5-13(23)17(27-15)21(4)14-7-8-26-32(14,31)20(2,3)19(24)29-21/h5-6,9-10,14,32H,7-8H2,1-4H3,(H2,24,29)(H,26,31)(H,27,28,30)/t14-,21-/m0/s1. The zero-order chi connectivity index (χ0) is 23.5. The number of carbonyl (C=O) groups excluding carboxylic acids is 1. The molecule has 4 heterocycles. The number of amidine groups is 1. The number of fused-ring (bicyclic) bond motifs is 1. The van der Waals surface area contributed by atoms with E-state index in [2.05, 4.69) is 25.0 Å². The number of aryl methyl sites for hydroxylation is 1. The van der Waals surface area contributed by atoms with E-state index in [4.69, 9.17) is 5.73 Å². The molecule has 0 spiro atoms. The van der Waals surface area contributed by atoms with Crippen molar-refractivity contribution in [3.63, 3.8) is 0 Å². The zero-order valence-corrected chi connectivity index (χ0v) is 19.1. The second-order valence-corrected chi connectivity index (χ2v) is 12.2. The van der Waals surface area contributed by atoms with Crippen molar-refractivity contribution in [2.45, 2.75) is 49.7 Å². The topological polar surface area (TPSA) is 122 Å². The molecule has 1 fully saturated rings. The Morgan fingerprint density at radius 2 is 2.03 bits per heavy atom. The molecule has 0 unspecified atom stereocenters. The van der Waals surface area contributed by atoms with Gasteiger partial charge in [0, 0.05) is 6.54 Å². The summed E-state index contributed by atoms with van der Waals surface area (Å²) in [4.78, 5) is 25.4. The summed E-state index contributed by atoms with van der Waals surface area (Å²) in [5.74, 6) is -1.58. The van der Waals surface area contributed by atoms with Crippen molar-refractivity contribution >= 4 is 27.7 Å². The Hall–Kier alpha value is -2.79.